The van der Waals surface area contributed by atoms with Gasteiger partial charge in [0, 0.05) is 44.6 Å². The van der Waals surface area contributed by atoms with E-state index in [4.69, 9.17) is 9.47 Å². The van der Waals surface area contributed by atoms with Gasteiger partial charge in [0.15, 0.2) is 5.78 Å². The first-order valence-corrected chi connectivity index (χ1v) is 14.6. The highest BCUT2D eigenvalue weighted by atomic mass is 32.1. The molecular weight excluding hydrogens is 520 g/mol. The molecule has 7 nitrogen and oxygen atoms in total. The summed E-state index contributed by atoms with van der Waals surface area (Å²) in [4.78, 5) is 21.8. The second-order valence-electron chi connectivity index (χ2n) is 10.4. The Bertz CT molecular complexity index is 1540. The maximum absolute atomic E-state index is 14.2. The molecule has 0 aliphatic carbocycles. The first kappa shape index (κ1) is 26.5. The molecule has 3 aromatic carbocycles. The summed E-state index contributed by atoms with van der Waals surface area (Å²) >= 11 is 1.66. The van der Waals surface area contributed by atoms with E-state index in [-0.39, 0.29) is 11.9 Å². The molecule has 6 rings (SSSR count). The summed E-state index contributed by atoms with van der Waals surface area (Å²) in [5, 5.41) is 0.981. The smallest absolute Gasteiger partial charge is 0.195 e. The van der Waals surface area contributed by atoms with Gasteiger partial charge in [0.2, 0.25) is 0 Å². The summed E-state index contributed by atoms with van der Waals surface area (Å²) in [6.45, 7) is 5.71. The second-order valence-corrected chi connectivity index (χ2v) is 11.4. The van der Waals surface area contributed by atoms with Gasteiger partial charge < -0.3 is 14.9 Å². The lowest BCUT2D eigenvalue weighted by Gasteiger charge is -2.17. The Kier molecular flexibility index (Phi) is 7.82. The Labute approximate surface area is 238 Å². The number of aliphatic imine (C=N–C) groups is 1. The van der Waals surface area contributed by atoms with Crippen LogP contribution in [0.1, 0.15) is 46.3 Å². The third-order valence-electron chi connectivity index (χ3n) is 7.56. The Morgan fingerprint density at radius 1 is 1.07 bits per heavy atom. The minimum atomic E-state index is 0.00896. The summed E-state index contributed by atoms with van der Waals surface area (Å²) in [6, 6.07) is 20.2. The molecule has 0 amide bonds. The van der Waals surface area contributed by atoms with Gasteiger partial charge in [0.25, 0.3) is 0 Å². The molecule has 2 N–H and O–H groups in total. The SMILES string of the molecule is COc1cc(C(=O)c2c(-c3ccc(OCCC4N=CNN4)cc3)sc3cc(C)ccc23)ccc1CN1CCCC1. The van der Waals surface area contributed by atoms with Gasteiger partial charge in [0.1, 0.15) is 17.7 Å². The highest BCUT2D eigenvalue weighted by Crippen LogP contribution is 2.41. The van der Waals surface area contributed by atoms with Crippen molar-refractivity contribution in [2.75, 3.05) is 26.8 Å². The molecular formula is C32H34N4O3S. The molecule has 40 heavy (non-hydrogen) atoms. The van der Waals surface area contributed by atoms with Crippen molar-refractivity contribution in [2.45, 2.75) is 38.9 Å². The standard InChI is InChI=1S/C32H34N4O3S/c1-21-5-12-26-28(17-21)40-32(22-8-10-25(11-9-22)39-16-13-29-33-20-34-35-29)30(26)31(37)23-6-7-24(27(18-23)38-2)19-36-14-3-4-15-36/h5-12,17-18,20,29,35H,3-4,13-16,19H2,1-2H3,(H,33,34). The normalized spacial score (nSPS) is 16.9. The molecule has 2 aliphatic heterocycles. The number of methoxy groups -OCH3 is 1. The largest absolute Gasteiger partial charge is 0.496 e. The topological polar surface area (TPSA) is 75.2 Å². The van der Waals surface area contributed by atoms with Crippen LogP contribution in [-0.2, 0) is 6.54 Å². The lowest BCUT2D eigenvalue weighted by atomic mass is 9.96. The number of hydrogen-bond acceptors (Lipinski definition) is 8. The molecule has 0 radical (unpaired) electrons. The van der Waals surface area contributed by atoms with Crippen LogP contribution in [0.2, 0.25) is 0 Å². The highest BCUT2D eigenvalue weighted by Gasteiger charge is 2.23. The number of hydrazine groups is 1. The number of nitrogens with one attached hydrogen (secondary N) is 2. The molecule has 3 heterocycles. The van der Waals surface area contributed by atoms with Crippen LogP contribution in [0.15, 0.2) is 65.7 Å². The number of nitrogens with zero attached hydrogens (tertiary/aromatic N) is 2. The number of likely N-dealkylation sites (tertiary alicyclic amines) is 1. The van der Waals surface area contributed by atoms with Crippen molar-refractivity contribution < 1.29 is 14.3 Å². The van der Waals surface area contributed by atoms with Gasteiger partial charge in [-0.2, -0.15) is 0 Å². The Morgan fingerprint density at radius 3 is 2.65 bits per heavy atom. The average molecular weight is 555 g/mol. The molecule has 1 saturated heterocycles. The van der Waals surface area contributed by atoms with E-state index in [1.165, 1.54) is 18.4 Å². The molecule has 206 valence electrons. The zero-order valence-electron chi connectivity index (χ0n) is 22.9. The van der Waals surface area contributed by atoms with Crippen molar-refractivity contribution in [1.82, 2.24) is 15.8 Å². The number of benzene rings is 3. The first-order chi connectivity index (χ1) is 19.6. The molecule has 1 fully saturated rings. The molecule has 1 unspecified atom stereocenters. The molecule has 8 heteroatoms. The summed E-state index contributed by atoms with van der Waals surface area (Å²) in [6.07, 6.45) is 4.93. The molecule has 4 aromatic rings. The number of hydrogen-bond donors (Lipinski definition) is 2. The fraction of sp³-hybridized carbons (Fsp3) is 0.312. The van der Waals surface area contributed by atoms with Crippen LogP contribution in [0.4, 0.5) is 0 Å². The Balaban J connectivity index is 1.29. The van der Waals surface area contributed by atoms with E-state index >= 15 is 0 Å². The molecule has 0 saturated carbocycles. The number of carbonyl (C=O) groups is 1. The van der Waals surface area contributed by atoms with E-state index in [2.05, 4.69) is 51.9 Å². The van der Waals surface area contributed by atoms with E-state index in [0.29, 0.717) is 12.2 Å². The van der Waals surface area contributed by atoms with Gasteiger partial charge in [-0.05, 0) is 80.4 Å². The van der Waals surface area contributed by atoms with Crippen LogP contribution >= 0.6 is 11.3 Å². The third-order valence-corrected chi connectivity index (χ3v) is 8.76. The van der Waals surface area contributed by atoms with Crippen molar-refractivity contribution in [3.8, 4) is 21.9 Å². The summed E-state index contributed by atoms with van der Waals surface area (Å²) in [5.41, 5.74) is 10.6. The van der Waals surface area contributed by atoms with Gasteiger partial charge in [0.05, 0.1) is 20.1 Å². The minimum Gasteiger partial charge on any atom is -0.496 e. The number of ketones is 1. The van der Waals surface area contributed by atoms with Crippen molar-refractivity contribution >= 4 is 33.5 Å². The van der Waals surface area contributed by atoms with E-state index < -0.39 is 0 Å². The van der Waals surface area contributed by atoms with Crippen LogP contribution in [0.3, 0.4) is 0 Å². The molecule has 1 atom stereocenters. The maximum atomic E-state index is 14.2. The minimum absolute atomic E-state index is 0.00896. The third kappa shape index (κ3) is 5.61. The summed E-state index contributed by atoms with van der Waals surface area (Å²) < 4.78 is 12.8. The maximum Gasteiger partial charge on any atom is 0.195 e. The average Bonchev–Trinajstić information content (AvgIpc) is 3.75. The zero-order valence-corrected chi connectivity index (χ0v) is 23.7. The van der Waals surface area contributed by atoms with Crippen LogP contribution in [0, 0.1) is 6.92 Å². The van der Waals surface area contributed by atoms with Gasteiger partial charge >= 0.3 is 0 Å². The number of fused-ring (bicyclic) bond motifs is 1. The van der Waals surface area contributed by atoms with Gasteiger partial charge in [-0.25, -0.2) is 5.43 Å². The lowest BCUT2D eigenvalue weighted by molar-refractivity contribution is 0.104. The Morgan fingerprint density at radius 2 is 1.90 bits per heavy atom. The van der Waals surface area contributed by atoms with Crippen molar-refractivity contribution in [3.05, 3.63) is 82.9 Å². The molecule has 0 spiro atoms. The first-order valence-electron chi connectivity index (χ1n) is 13.8. The zero-order chi connectivity index (χ0) is 27.5. The van der Waals surface area contributed by atoms with Crippen LogP contribution in [0.25, 0.3) is 20.5 Å². The highest BCUT2D eigenvalue weighted by molar-refractivity contribution is 7.22. The van der Waals surface area contributed by atoms with Gasteiger partial charge in [-0.1, -0.05) is 24.3 Å². The number of rotatable bonds is 10. The van der Waals surface area contributed by atoms with E-state index in [1.807, 2.05) is 36.4 Å². The van der Waals surface area contributed by atoms with Gasteiger partial charge in [-0.3, -0.25) is 14.7 Å². The van der Waals surface area contributed by atoms with E-state index in [0.717, 1.165) is 69.2 Å². The van der Waals surface area contributed by atoms with E-state index in [9.17, 15) is 4.79 Å². The van der Waals surface area contributed by atoms with Crippen molar-refractivity contribution in [2.24, 2.45) is 4.99 Å². The molecule has 0 bridgehead atoms. The number of carbonyl (C=O) groups excluding carboxylic acids is 1. The fourth-order valence-corrected chi connectivity index (χ4v) is 6.71. The summed E-state index contributed by atoms with van der Waals surface area (Å²) in [5.74, 6) is 1.57. The fourth-order valence-electron chi connectivity index (χ4n) is 5.41. The van der Waals surface area contributed by atoms with Crippen molar-refractivity contribution in [3.63, 3.8) is 0 Å². The second kappa shape index (κ2) is 11.8. The number of ether oxygens (including phenoxy) is 2. The number of thiophene rings is 1. The quantitative estimate of drug-likeness (QED) is 0.236. The summed E-state index contributed by atoms with van der Waals surface area (Å²) in [7, 11) is 1.68. The van der Waals surface area contributed by atoms with Crippen LogP contribution < -0.4 is 20.3 Å². The lowest BCUT2D eigenvalue weighted by Crippen LogP contribution is -2.32. The van der Waals surface area contributed by atoms with Crippen LogP contribution in [-0.4, -0.2) is 50.0 Å². The monoisotopic (exact) mass is 554 g/mol. The van der Waals surface area contributed by atoms with Crippen molar-refractivity contribution in [1.29, 1.82) is 0 Å². The molecule has 1 aromatic heterocycles. The van der Waals surface area contributed by atoms with E-state index in [1.54, 1.807) is 24.8 Å². The predicted molar refractivity (Wildman–Crippen MR) is 162 cm³/mol. The number of aryl methyl sites for hydroxylation is 1. The molecule has 2 aliphatic rings. The van der Waals surface area contributed by atoms with Crippen LogP contribution in [0.5, 0.6) is 11.5 Å². The predicted octanol–water partition coefficient (Wildman–Crippen LogP) is 5.94. The Hall–Kier alpha value is -3.72. The van der Waals surface area contributed by atoms with Gasteiger partial charge in [-0.15, -0.1) is 11.3 Å².